The summed E-state index contributed by atoms with van der Waals surface area (Å²) in [6.45, 7) is 5.09. The molecule has 57 heavy (non-hydrogen) atoms. The van der Waals surface area contributed by atoms with Crippen LogP contribution in [0.4, 0.5) is 0 Å². The maximum atomic E-state index is 2.68. The van der Waals surface area contributed by atoms with Gasteiger partial charge < -0.3 is 0 Å². The Morgan fingerprint density at radius 3 is 1.60 bits per heavy atom. The Bertz CT molecular complexity index is 3120. The summed E-state index contributed by atoms with van der Waals surface area (Å²) in [5.74, 6) is 0.390. The number of rotatable bonds is 4. The van der Waals surface area contributed by atoms with E-state index in [9.17, 15) is 0 Å². The number of benzene rings is 9. The molecule has 4 aliphatic rings. The highest BCUT2D eigenvalue weighted by Gasteiger charge is 2.59. The van der Waals surface area contributed by atoms with E-state index in [-0.39, 0.29) is 5.41 Å². The number of allylic oxidation sites excluding steroid dienone is 4. The van der Waals surface area contributed by atoms with Gasteiger partial charge in [-0.3, -0.25) is 0 Å². The van der Waals surface area contributed by atoms with Gasteiger partial charge in [-0.15, -0.1) is 0 Å². The number of hydrogen-bond donors (Lipinski definition) is 0. The molecule has 0 heterocycles. The van der Waals surface area contributed by atoms with Crippen molar-refractivity contribution in [2.24, 2.45) is 5.92 Å². The molecular weight excluding hydrogens is 685 g/mol. The molecule has 1 atom stereocenters. The molecule has 0 N–H and O–H groups in total. The van der Waals surface area contributed by atoms with E-state index in [1.54, 1.807) is 0 Å². The largest absolute Gasteiger partial charge is 0.0839 e. The summed E-state index contributed by atoms with van der Waals surface area (Å²) < 4.78 is 0. The number of fused-ring (bicyclic) bond motifs is 4. The molecule has 4 aliphatic carbocycles. The van der Waals surface area contributed by atoms with Crippen molar-refractivity contribution >= 4 is 37.9 Å². The second kappa shape index (κ2) is 10.9. The van der Waals surface area contributed by atoms with Crippen molar-refractivity contribution in [2.45, 2.75) is 36.5 Å². The van der Waals surface area contributed by atoms with Crippen molar-refractivity contribution in [3.8, 4) is 11.1 Å². The van der Waals surface area contributed by atoms with Crippen molar-refractivity contribution in [3.63, 3.8) is 0 Å². The second-order valence-corrected chi connectivity index (χ2v) is 17.5. The lowest BCUT2D eigenvalue weighted by Crippen LogP contribution is -2.38. The SMILES string of the molecule is CC1(C)c2c(cc3c4c2C(c2ccccc2)(c2ccccc2)c2cc5cccc6ccc7cc(c-4c2c7c65)C3(c2ccccc2)c2ccccc2)C2=CC=CCC21. The molecule has 0 spiro atoms. The zero-order valence-corrected chi connectivity index (χ0v) is 32.2. The maximum absolute atomic E-state index is 2.68. The molecule has 9 aromatic carbocycles. The third kappa shape index (κ3) is 3.63. The average Bonchev–Trinajstić information content (AvgIpc) is 3.69. The van der Waals surface area contributed by atoms with Crippen molar-refractivity contribution in [1.29, 1.82) is 0 Å². The van der Waals surface area contributed by atoms with Crippen LogP contribution in [0.2, 0.25) is 0 Å². The minimum absolute atomic E-state index is 0.120. The molecule has 0 bridgehead atoms. The van der Waals surface area contributed by atoms with E-state index < -0.39 is 10.8 Å². The van der Waals surface area contributed by atoms with Gasteiger partial charge in [-0.05, 0) is 141 Å². The number of hydrogen-bond acceptors (Lipinski definition) is 0. The smallest absolute Gasteiger partial charge is 0.0717 e. The highest BCUT2D eigenvalue weighted by atomic mass is 14.6. The standard InChI is InChI=1S/C57H40/c1-55(2)44-29-16-15-28-42(44)43-34-47-52-51-45(56(47,38-20-7-3-8-21-38)39-22-9-4-10-23-39)33-37-31-30-35-18-17-19-36-32-46(50(51)49(37)48(35)36)57(54(52)53(43)55,40-24-11-5-12-25-40)41-26-13-6-14-27-41/h3-28,30-34,44H,29H2,1-2H3. The minimum atomic E-state index is -0.603. The van der Waals surface area contributed by atoms with Crippen molar-refractivity contribution in [3.05, 3.63) is 244 Å². The van der Waals surface area contributed by atoms with Crippen LogP contribution in [0.5, 0.6) is 0 Å². The van der Waals surface area contributed by atoms with E-state index in [1.807, 2.05) is 0 Å². The summed E-state index contributed by atoms with van der Waals surface area (Å²) in [6.07, 6.45) is 8.19. The fraction of sp³-hybridized carbons (Fsp3) is 0.123. The molecule has 0 saturated carbocycles. The van der Waals surface area contributed by atoms with E-state index in [0.717, 1.165) is 6.42 Å². The highest BCUT2D eigenvalue weighted by Crippen LogP contribution is 2.70. The third-order valence-corrected chi connectivity index (χ3v) is 14.7. The van der Waals surface area contributed by atoms with E-state index >= 15 is 0 Å². The van der Waals surface area contributed by atoms with Crippen LogP contribution in [-0.4, -0.2) is 0 Å². The second-order valence-electron chi connectivity index (χ2n) is 17.5. The first-order valence-corrected chi connectivity index (χ1v) is 20.6. The Hall–Kier alpha value is -6.50. The lowest BCUT2D eigenvalue weighted by Gasteiger charge is -2.45. The summed E-state index contributed by atoms with van der Waals surface area (Å²) >= 11 is 0. The lowest BCUT2D eigenvalue weighted by molar-refractivity contribution is 0.409. The molecule has 13 rings (SSSR count). The first-order valence-electron chi connectivity index (χ1n) is 20.6. The summed E-state index contributed by atoms with van der Waals surface area (Å²) in [5, 5.41) is 8.10. The van der Waals surface area contributed by atoms with Crippen LogP contribution < -0.4 is 0 Å². The first kappa shape index (κ1) is 31.7. The molecule has 9 aromatic rings. The van der Waals surface area contributed by atoms with Gasteiger partial charge in [0.05, 0.1) is 10.8 Å². The molecule has 0 nitrogen and oxygen atoms in total. The molecule has 0 heteroatoms. The minimum Gasteiger partial charge on any atom is -0.0839 e. The molecule has 0 amide bonds. The molecule has 0 aromatic heterocycles. The van der Waals surface area contributed by atoms with Crippen LogP contribution in [0.3, 0.4) is 0 Å². The molecule has 0 fully saturated rings. The topological polar surface area (TPSA) is 0 Å². The van der Waals surface area contributed by atoms with Crippen LogP contribution >= 0.6 is 0 Å². The Morgan fingerprint density at radius 1 is 0.439 bits per heavy atom. The van der Waals surface area contributed by atoms with Crippen molar-refractivity contribution < 1.29 is 0 Å². The molecule has 0 aliphatic heterocycles. The molecule has 1 unspecified atom stereocenters. The van der Waals surface area contributed by atoms with Crippen LogP contribution in [0.25, 0.3) is 49.0 Å². The lowest BCUT2D eigenvalue weighted by atomic mass is 9.56. The summed E-state index contributed by atoms with van der Waals surface area (Å²) in [7, 11) is 0. The zero-order valence-electron chi connectivity index (χ0n) is 32.2. The summed E-state index contributed by atoms with van der Waals surface area (Å²) in [4.78, 5) is 0. The molecular formula is C57H40. The van der Waals surface area contributed by atoms with Gasteiger partial charge >= 0.3 is 0 Å². The van der Waals surface area contributed by atoms with Gasteiger partial charge in [0.2, 0.25) is 0 Å². The third-order valence-electron chi connectivity index (χ3n) is 14.7. The summed E-state index contributed by atoms with van der Waals surface area (Å²) in [5.41, 5.74) is 17.0. The van der Waals surface area contributed by atoms with Crippen molar-refractivity contribution in [2.75, 3.05) is 0 Å². The fourth-order valence-corrected chi connectivity index (χ4v) is 12.6. The highest BCUT2D eigenvalue weighted by molar-refractivity contribution is 6.29. The van der Waals surface area contributed by atoms with Gasteiger partial charge in [-0.25, -0.2) is 0 Å². The van der Waals surface area contributed by atoms with E-state index in [0.29, 0.717) is 5.92 Å². The molecule has 0 saturated heterocycles. The van der Waals surface area contributed by atoms with Crippen LogP contribution in [0, 0.1) is 5.92 Å². The van der Waals surface area contributed by atoms with Crippen LogP contribution in [0.15, 0.2) is 188 Å². The van der Waals surface area contributed by atoms with E-state index in [4.69, 9.17) is 0 Å². The van der Waals surface area contributed by atoms with Gasteiger partial charge in [0.1, 0.15) is 0 Å². The van der Waals surface area contributed by atoms with Gasteiger partial charge in [0.15, 0.2) is 0 Å². The predicted octanol–water partition coefficient (Wildman–Crippen LogP) is 13.9. The first-order chi connectivity index (χ1) is 28.1. The van der Waals surface area contributed by atoms with Crippen LogP contribution in [0.1, 0.15) is 75.9 Å². The van der Waals surface area contributed by atoms with Crippen LogP contribution in [-0.2, 0) is 16.2 Å². The Morgan fingerprint density at radius 2 is 0.965 bits per heavy atom. The predicted molar refractivity (Wildman–Crippen MR) is 238 cm³/mol. The van der Waals surface area contributed by atoms with E-state index in [1.165, 1.54) is 105 Å². The monoisotopic (exact) mass is 724 g/mol. The fourth-order valence-electron chi connectivity index (χ4n) is 12.6. The van der Waals surface area contributed by atoms with E-state index in [2.05, 4.69) is 202 Å². The quantitative estimate of drug-likeness (QED) is 0.159. The normalized spacial score (nSPS) is 18.6. The maximum Gasteiger partial charge on any atom is 0.0717 e. The Kier molecular flexibility index (Phi) is 6.04. The van der Waals surface area contributed by atoms with Gasteiger partial charge in [0, 0.05) is 0 Å². The summed E-state index contributed by atoms with van der Waals surface area (Å²) in [6, 6.07) is 65.5. The molecule has 0 radical (unpaired) electrons. The molecule has 268 valence electrons. The van der Waals surface area contributed by atoms with Crippen molar-refractivity contribution in [1.82, 2.24) is 0 Å². The Labute approximate surface area is 333 Å². The van der Waals surface area contributed by atoms with Gasteiger partial charge in [0.25, 0.3) is 0 Å². The zero-order chi connectivity index (χ0) is 37.7. The Balaban J connectivity index is 1.39. The van der Waals surface area contributed by atoms with Gasteiger partial charge in [-0.1, -0.05) is 184 Å². The average molecular weight is 725 g/mol. The van der Waals surface area contributed by atoms with Gasteiger partial charge in [-0.2, -0.15) is 0 Å².